The van der Waals surface area contributed by atoms with Crippen molar-refractivity contribution in [2.75, 3.05) is 26.2 Å². The normalized spacial score (nSPS) is 17.6. The third kappa shape index (κ3) is 3.41. The lowest BCUT2D eigenvalue weighted by atomic mass is 9.96. The van der Waals surface area contributed by atoms with Crippen LogP contribution in [0.3, 0.4) is 0 Å². The van der Waals surface area contributed by atoms with Crippen LogP contribution in [0, 0.1) is 0 Å². The molecule has 2 nitrogen and oxygen atoms in total. The molecule has 1 fully saturated rings. The summed E-state index contributed by atoms with van der Waals surface area (Å²) in [5, 5.41) is 4.90. The minimum atomic E-state index is 0.152. The van der Waals surface area contributed by atoms with Crippen LogP contribution in [0.1, 0.15) is 17.2 Å². The summed E-state index contributed by atoms with van der Waals surface area (Å²) in [6.45, 7) is 4.01. The van der Waals surface area contributed by atoms with Crippen LogP contribution in [0.25, 0.3) is 0 Å². The molecule has 110 valence electrons. The summed E-state index contributed by atoms with van der Waals surface area (Å²) in [5.74, 6) is 0. The molecule has 0 aromatic heterocycles. The van der Waals surface area contributed by atoms with Crippen molar-refractivity contribution in [1.82, 2.24) is 10.2 Å². The lowest BCUT2D eigenvalue weighted by Gasteiger charge is -2.36. The van der Waals surface area contributed by atoms with Crippen molar-refractivity contribution in [1.29, 1.82) is 0 Å². The van der Waals surface area contributed by atoms with Gasteiger partial charge in [0.05, 0.1) is 6.04 Å². The number of nitrogens with one attached hydrogen (secondary N) is 1. The molecule has 21 heavy (non-hydrogen) atoms. The maximum absolute atomic E-state index is 6.46. The molecule has 0 radical (unpaired) electrons. The molecule has 1 aliphatic heterocycles. The van der Waals surface area contributed by atoms with Crippen molar-refractivity contribution in [3.05, 3.63) is 69.7 Å². The van der Waals surface area contributed by atoms with E-state index in [4.69, 9.17) is 23.2 Å². The zero-order valence-electron chi connectivity index (χ0n) is 11.7. The van der Waals surface area contributed by atoms with E-state index in [1.54, 1.807) is 0 Å². The smallest absolute Gasteiger partial charge is 0.0617 e. The molecule has 0 saturated carbocycles. The van der Waals surface area contributed by atoms with Gasteiger partial charge in [0.2, 0.25) is 0 Å². The molecule has 4 heteroatoms. The van der Waals surface area contributed by atoms with Crippen LogP contribution in [0.5, 0.6) is 0 Å². The van der Waals surface area contributed by atoms with E-state index in [1.807, 2.05) is 24.3 Å². The Kier molecular flexibility index (Phi) is 4.81. The van der Waals surface area contributed by atoms with Gasteiger partial charge in [0.25, 0.3) is 0 Å². The second-order valence-corrected chi connectivity index (χ2v) is 6.11. The maximum Gasteiger partial charge on any atom is 0.0617 e. The number of rotatable bonds is 3. The molecule has 1 saturated heterocycles. The highest BCUT2D eigenvalue weighted by Crippen LogP contribution is 2.35. The highest BCUT2D eigenvalue weighted by Gasteiger charge is 2.25. The van der Waals surface area contributed by atoms with E-state index in [9.17, 15) is 0 Å². The molecular weight excluding hydrogens is 303 g/mol. The molecule has 0 bridgehead atoms. The average molecular weight is 321 g/mol. The predicted molar refractivity (Wildman–Crippen MR) is 89.2 cm³/mol. The summed E-state index contributed by atoms with van der Waals surface area (Å²) >= 11 is 12.7. The van der Waals surface area contributed by atoms with Gasteiger partial charge in [-0.3, -0.25) is 4.90 Å². The Balaban J connectivity index is 2.05. The average Bonchev–Trinajstić information content (AvgIpc) is 2.53. The SMILES string of the molecule is Clc1ccc(Cl)c(C(c2ccccc2)N2CCNCC2)c1. The fourth-order valence-corrected chi connectivity index (χ4v) is 3.29. The van der Waals surface area contributed by atoms with Crippen molar-refractivity contribution < 1.29 is 0 Å². The van der Waals surface area contributed by atoms with Crippen LogP contribution in [0.15, 0.2) is 48.5 Å². The van der Waals surface area contributed by atoms with Crippen LogP contribution >= 0.6 is 23.2 Å². The van der Waals surface area contributed by atoms with Gasteiger partial charge >= 0.3 is 0 Å². The van der Waals surface area contributed by atoms with Gasteiger partial charge in [-0.1, -0.05) is 53.5 Å². The number of nitrogens with zero attached hydrogens (tertiary/aromatic N) is 1. The van der Waals surface area contributed by atoms with E-state index in [2.05, 4.69) is 34.5 Å². The molecule has 2 aromatic rings. The number of piperazine rings is 1. The highest BCUT2D eigenvalue weighted by atomic mass is 35.5. The fourth-order valence-electron chi connectivity index (χ4n) is 2.89. The van der Waals surface area contributed by atoms with Crippen LogP contribution in [-0.4, -0.2) is 31.1 Å². The van der Waals surface area contributed by atoms with Gasteiger partial charge in [-0.15, -0.1) is 0 Å². The minimum absolute atomic E-state index is 0.152. The van der Waals surface area contributed by atoms with E-state index in [-0.39, 0.29) is 6.04 Å². The Bertz CT molecular complexity index is 595. The molecule has 1 atom stereocenters. The first kappa shape index (κ1) is 14.9. The second kappa shape index (κ2) is 6.80. The number of halogens is 2. The van der Waals surface area contributed by atoms with E-state index in [0.29, 0.717) is 0 Å². The van der Waals surface area contributed by atoms with Gasteiger partial charge in [-0.2, -0.15) is 0 Å². The summed E-state index contributed by atoms with van der Waals surface area (Å²) in [5.41, 5.74) is 2.33. The zero-order valence-corrected chi connectivity index (χ0v) is 13.2. The molecule has 1 N–H and O–H groups in total. The largest absolute Gasteiger partial charge is 0.314 e. The zero-order chi connectivity index (χ0) is 14.7. The lowest BCUT2D eigenvalue weighted by Crippen LogP contribution is -2.45. The third-order valence-electron chi connectivity index (χ3n) is 3.88. The Labute approximate surface area is 135 Å². The molecule has 0 spiro atoms. The van der Waals surface area contributed by atoms with Crippen molar-refractivity contribution in [3.63, 3.8) is 0 Å². The molecule has 1 aliphatic rings. The van der Waals surface area contributed by atoms with Crippen molar-refractivity contribution in [2.45, 2.75) is 6.04 Å². The molecule has 1 unspecified atom stereocenters. The minimum Gasteiger partial charge on any atom is -0.314 e. The van der Waals surface area contributed by atoms with E-state index >= 15 is 0 Å². The van der Waals surface area contributed by atoms with E-state index in [0.717, 1.165) is 41.8 Å². The maximum atomic E-state index is 6.46. The van der Waals surface area contributed by atoms with Crippen LogP contribution in [0.2, 0.25) is 10.0 Å². The third-order valence-corrected chi connectivity index (χ3v) is 4.46. The van der Waals surface area contributed by atoms with Crippen molar-refractivity contribution in [2.24, 2.45) is 0 Å². The van der Waals surface area contributed by atoms with Gasteiger partial charge in [0.1, 0.15) is 0 Å². The number of benzene rings is 2. The first-order valence-electron chi connectivity index (χ1n) is 7.20. The highest BCUT2D eigenvalue weighted by molar-refractivity contribution is 6.33. The lowest BCUT2D eigenvalue weighted by molar-refractivity contribution is 0.198. The monoisotopic (exact) mass is 320 g/mol. The summed E-state index contributed by atoms with van der Waals surface area (Å²) in [7, 11) is 0. The van der Waals surface area contributed by atoms with Crippen LogP contribution in [-0.2, 0) is 0 Å². The van der Waals surface area contributed by atoms with E-state index < -0.39 is 0 Å². The first-order chi connectivity index (χ1) is 10.3. The molecule has 2 aromatic carbocycles. The molecule has 1 heterocycles. The van der Waals surface area contributed by atoms with Gasteiger partial charge < -0.3 is 5.32 Å². The summed E-state index contributed by atoms with van der Waals surface area (Å²) in [6.07, 6.45) is 0. The summed E-state index contributed by atoms with van der Waals surface area (Å²) in [4.78, 5) is 2.46. The van der Waals surface area contributed by atoms with Gasteiger partial charge in [-0.25, -0.2) is 0 Å². The molecule has 0 aliphatic carbocycles. The Morgan fingerprint density at radius 3 is 2.38 bits per heavy atom. The van der Waals surface area contributed by atoms with Crippen molar-refractivity contribution >= 4 is 23.2 Å². The van der Waals surface area contributed by atoms with E-state index in [1.165, 1.54) is 5.56 Å². The summed E-state index contributed by atoms with van der Waals surface area (Å²) < 4.78 is 0. The fraction of sp³-hybridized carbons (Fsp3) is 0.294. The Morgan fingerprint density at radius 2 is 1.67 bits per heavy atom. The van der Waals surface area contributed by atoms with Crippen LogP contribution in [0.4, 0.5) is 0 Å². The van der Waals surface area contributed by atoms with Gasteiger partial charge in [0, 0.05) is 36.2 Å². The summed E-state index contributed by atoms with van der Waals surface area (Å²) in [6, 6.07) is 16.4. The molecule has 0 amide bonds. The van der Waals surface area contributed by atoms with Gasteiger partial charge in [0.15, 0.2) is 0 Å². The number of hydrogen-bond donors (Lipinski definition) is 1. The molecular formula is C17H18Cl2N2. The van der Waals surface area contributed by atoms with Crippen LogP contribution < -0.4 is 5.32 Å². The predicted octanol–water partition coefficient (Wildman–Crippen LogP) is 3.99. The Morgan fingerprint density at radius 1 is 0.952 bits per heavy atom. The standard InChI is InChI=1S/C17H18Cl2N2/c18-14-6-7-16(19)15(12-14)17(13-4-2-1-3-5-13)21-10-8-20-9-11-21/h1-7,12,17,20H,8-11H2. The van der Waals surface area contributed by atoms with Crippen molar-refractivity contribution in [3.8, 4) is 0 Å². The quantitative estimate of drug-likeness (QED) is 0.920. The van der Waals surface area contributed by atoms with Gasteiger partial charge in [-0.05, 0) is 29.3 Å². The topological polar surface area (TPSA) is 15.3 Å². The Hall–Kier alpha value is -1.06. The molecule has 3 rings (SSSR count). The first-order valence-corrected chi connectivity index (χ1v) is 7.96. The number of hydrogen-bond acceptors (Lipinski definition) is 2. The second-order valence-electron chi connectivity index (χ2n) is 5.27.